The van der Waals surface area contributed by atoms with Crippen LogP contribution in [0.4, 0.5) is 0 Å². The molecule has 0 atom stereocenters. The number of hydrogen-bond acceptors (Lipinski definition) is 3. The summed E-state index contributed by atoms with van der Waals surface area (Å²) in [5, 5.41) is 3.43. The van der Waals surface area contributed by atoms with Gasteiger partial charge in [-0.1, -0.05) is 152 Å². The highest BCUT2D eigenvalue weighted by atomic mass is 16.3. The highest BCUT2D eigenvalue weighted by Crippen LogP contribution is 2.42. The minimum Gasteiger partial charge on any atom is -0.452 e. The van der Waals surface area contributed by atoms with E-state index in [0.29, 0.717) is 11.4 Å². The Kier molecular flexibility index (Phi) is 7.46. The van der Waals surface area contributed by atoms with Crippen LogP contribution in [0.3, 0.4) is 0 Å². The summed E-state index contributed by atoms with van der Waals surface area (Å²) < 4.78 is 9.11. The number of fused-ring (bicyclic) bond motifs is 6. The van der Waals surface area contributed by atoms with Crippen LogP contribution in [-0.4, -0.2) is 14.5 Å². The van der Waals surface area contributed by atoms with Gasteiger partial charge in [-0.05, 0) is 81.9 Å². The lowest BCUT2D eigenvalue weighted by Crippen LogP contribution is -1.94. The van der Waals surface area contributed by atoms with Gasteiger partial charge in [0.1, 0.15) is 16.8 Å². The highest BCUT2D eigenvalue weighted by Gasteiger charge is 2.21. The summed E-state index contributed by atoms with van der Waals surface area (Å²) in [7, 11) is 0. The normalized spacial score (nSPS) is 11.6. The molecule has 0 spiro atoms. The van der Waals surface area contributed by atoms with Crippen molar-refractivity contribution in [2.24, 2.45) is 0 Å². The summed E-state index contributed by atoms with van der Waals surface area (Å²) in [4.78, 5) is 10.4. The molecule has 3 aromatic heterocycles. The van der Waals surface area contributed by atoms with Crippen molar-refractivity contribution < 1.29 is 4.42 Å². The molecule has 11 rings (SSSR count). The zero-order valence-corrected chi connectivity index (χ0v) is 30.3. The first-order valence-electron chi connectivity index (χ1n) is 18.9. The Morgan fingerprint density at radius 1 is 0.393 bits per heavy atom. The molecule has 0 aliphatic rings. The number of furan rings is 1. The molecule has 0 fully saturated rings. The van der Waals surface area contributed by atoms with Crippen molar-refractivity contribution in [3.8, 4) is 61.7 Å². The van der Waals surface area contributed by atoms with E-state index in [0.717, 1.165) is 72.4 Å². The van der Waals surface area contributed by atoms with Crippen LogP contribution in [-0.2, 0) is 0 Å². The second-order valence-electron chi connectivity index (χ2n) is 14.2. The van der Waals surface area contributed by atoms with E-state index in [2.05, 4.69) is 174 Å². The third kappa shape index (κ3) is 5.31. The predicted molar refractivity (Wildman–Crippen MR) is 231 cm³/mol. The predicted octanol–water partition coefficient (Wildman–Crippen LogP) is 13.8. The molecule has 0 amide bonds. The number of nitrogens with zero attached hydrogens (tertiary/aromatic N) is 3. The SMILES string of the molecule is c1ccc(-c2cccc(-c3nc(-c4ccccc4)nc4c3oc3cccc(-c5cccc(-c6ccc7c(c6)c6ccccc6n7-c6ccccc6)c5)c34)c2)cc1. The first-order valence-corrected chi connectivity index (χ1v) is 18.9. The highest BCUT2D eigenvalue weighted by molar-refractivity contribution is 6.14. The van der Waals surface area contributed by atoms with Crippen LogP contribution in [0.2, 0.25) is 0 Å². The molecule has 11 aromatic rings. The Hall–Kier alpha value is -7.56. The number of para-hydroxylation sites is 2. The van der Waals surface area contributed by atoms with Gasteiger partial charge in [0.25, 0.3) is 0 Å². The van der Waals surface area contributed by atoms with Gasteiger partial charge in [-0.3, -0.25) is 0 Å². The van der Waals surface area contributed by atoms with E-state index in [9.17, 15) is 0 Å². The fraction of sp³-hybridized carbons (Fsp3) is 0. The van der Waals surface area contributed by atoms with Crippen LogP contribution in [0.1, 0.15) is 0 Å². The van der Waals surface area contributed by atoms with E-state index < -0.39 is 0 Å². The van der Waals surface area contributed by atoms with Crippen LogP contribution in [0.15, 0.2) is 205 Å². The molecule has 262 valence electrons. The number of aromatic nitrogens is 3. The number of hydrogen-bond donors (Lipinski definition) is 0. The molecule has 0 aliphatic heterocycles. The fourth-order valence-electron chi connectivity index (χ4n) is 8.19. The molecule has 3 heterocycles. The molecule has 0 unspecified atom stereocenters. The summed E-state index contributed by atoms with van der Waals surface area (Å²) in [6.45, 7) is 0. The molecule has 0 bridgehead atoms. The molecule has 0 N–H and O–H groups in total. The van der Waals surface area contributed by atoms with Gasteiger partial charge in [-0.25, -0.2) is 9.97 Å². The molecule has 0 saturated carbocycles. The molecule has 56 heavy (non-hydrogen) atoms. The van der Waals surface area contributed by atoms with Crippen molar-refractivity contribution >= 4 is 43.9 Å². The van der Waals surface area contributed by atoms with Gasteiger partial charge in [0.05, 0.1) is 16.4 Å². The van der Waals surface area contributed by atoms with Gasteiger partial charge in [0, 0.05) is 27.6 Å². The van der Waals surface area contributed by atoms with Crippen molar-refractivity contribution in [1.82, 2.24) is 14.5 Å². The summed E-state index contributed by atoms with van der Waals surface area (Å²) in [6, 6.07) is 70.3. The largest absolute Gasteiger partial charge is 0.452 e. The van der Waals surface area contributed by atoms with Crippen molar-refractivity contribution in [3.05, 3.63) is 200 Å². The maximum Gasteiger partial charge on any atom is 0.180 e. The standard InChI is InChI=1S/C52H33N3O/c1-4-15-34(16-5-1)36-19-13-22-40(32-36)49-51-50(54-52(53-49)35-17-6-2-7-18-35)48-42(26-14-28-47(48)56-51)39-21-12-20-37(31-39)38-29-30-46-44(33-38)43-25-10-11-27-45(43)55(46)41-23-8-3-9-24-41/h1-33H. The Labute approximate surface area is 323 Å². The number of rotatable bonds is 6. The van der Waals surface area contributed by atoms with Crippen LogP contribution < -0.4 is 0 Å². The minimum atomic E-state index is 0.660. The average Bonchev–Trinajstić information content (AvgIpc) is 3.83. The lowest BCUT2D eigenvalue weighted by Gasteiger charge is -2.10. The lowest BCUT2D eigenvalue weighted by atomic mass is 9.95. The second-order valence-corrected chi connectivity index (χ2v) is 14.2. The molecular weight excluding hydrogens is 683 g/mol. The van der Waals surface area contributed by atoms with Gasteiger partial charge >= 0.3 is 0 Å². The molecule has 0 saturated heterocycles. The quantitative estimate of drug-likeness (QED) is 0.172. The van der Waals surface area contributed by atoms with E-state index in [1.54, 1.807) is 0 Å². The zero-order chi connectivity index (χ0) is 37.0. The van der Waals surface area contributed by atoms with Crippen molar-refractivity contribution in [3.63, 3.8) is 0 Å². The first kappa shape index (κ1) is 31.9. The van der Waals surface area contributed by atoms with E-state index >= 15 is 0 Å². The van der Waals surface area contributed by atoms with Crippen molar-refractivity contribution in [2.75, 3.05) is 0 Å². The summed E-state index contributed by atoms with van der Waals surface area (Å²) in [5.74, 6) is 0.660. The van der Waals surface area contributed by atoms with E-state index in [1.807, 2.05) is 30.3 Å². The third-order valence-electron chi connectivity index (χ3n) is 10.8. The van der Waals surface area contributed by atoms with Gasteiger partial charge in [0.15, 0.2) is 11.4 Å². The summed E-state index contributed by atoms with van der Waals surface area (Å²) in [5.41, 5.74) is 15.2. The van der Waals surface area contributed by atoms with E-state index in [4.69, 9.17) is 14.4 Å². The molecule has 8 aromatic carbocycles. The van der Waals surface area contributed by atoms with Crippen LogP contribution in [0.5, 0.6) is 0 Å². The molecule has 4 nitrogen and oxygen atoms in total. The third-order valence-corrected chi connectivity index (χ3v) is 10.8. The first-order chi connectivity index (χ1) is 27.8. The maximum atomic E-state index is 6.75. The molecular formula is C52H33N3O. The Morgan fingerprint density at radius 3 is 1.79 bits per heavy atom. The minimum absolute atomic E-state index is 0.660. The fourth-order valence-corrected chi connectivity index (χ4v) is 8.19. The summed E-state index contributed by atoms with van der Waals surface area (Å²) >= 11 is 0. The molecule has 0 aliphatic carbocycles. The smallest absolute Gasteiger partial charge is 0.180 e. The van der Waals surface area contributed by atoms with Gasteiger partial charge in [0.2, 0.25) is 0 Å². The maximum absolute atomic E-state index is 6.75. The molecule has 0 radical (unpaired) electrons. The monoisotopic (exact) mass is 715 g/mol. The number of benzene rings is 8. The van der Waals surface area contributed by atoms with E-state index in [1.165, 1.54) is 21.8 Å². The van der Waals surface area contributed by atoms with E-state index in [-0.39, 0.29) is 0 Å². The van der Waals surface area contributed by atoms with Gasteiger partial charge < -0.3 is 8.98 Å². The Bertz CT molecular complexity index is 3240. The Balaban J connectivity index is 1.09. The molecule has 4 heteroatoms. The van der Waals surface area contributed by atoms with Crippen molar-refractivity contribution in [2.45, 2.75) is 0 Å². The second kappa shape index (κ2) is 13.1. The van der Waals surface area contributed by atoms with Crippen LogP contribution >= 0.6 is 0 Å². The van der Waals surface area contributed by atoms with Crippen LogP contribution in [0, 0.1) is 0 Å². The lowest BCUT2D eigenvalue weighted by molar-refractivity contribution is 0.667. The zero-order valence-electron chi connectivity index (χ0n) is 30.3. The van der Waals surface area contributed by atoms with Crippen molar-refractivity contribution in [1.29, 1.82) is 0 Å². The van der Waals surface area contributed by atoms with Crippen LogP contribution in [0.25, 0.3) is 106 Å². The van der Waals surface area contributed by atoms with Gasteiger partial charge in [-0.15, -0.1) is 0 Å². The Morgan fingerprint density at radius 2 is 0.982 bits per heavy atom. The topological polar surface area (TPSA) is 43.9 Å². The average molecular weight is 716 g/mol. The van der Waals surface area contributed by atoms with Gasteiger partial charge in [-0.2, -0.15) is 0 Å². The summed E-state index contributed by atoms with van der Waals surface area (Å²) in [6.07, 6.45) is 0.